The van der Waals surface area contributed by atoms with E-state index in [-0.39, 0.29) is 10.8 Å². The number of rotatable bonds is 4. The van der Waals surface area contributed by atoms with Crippen LogP contribution in [0.4, 0.5) is 19.0 Å². The van der Waals surface area contributed by atoms with Crippen molar-refractivity contribution in [2.24, 2.45) is 11.8 Å². The van der Waals surface area contributed by atoms with Crippen LogP contribution in [0.2, 0.25) is 0 Å². The zero-order valence-electron chi connectivity index (χ0n) is 16.7. The van der Waals surface area contributed by atoms with Crippen LogP contribution in [0.1, 0.15) is 16.9 Å². The van der Waals surface area contributed by atoms with E-state index in [1.54, 1.807) is 18.3 Å². The standard InChI is InChI=1S/C21H22F3N5OS/c22-21(23,24)6-16-5-17-19(26-12-27-20(17)31-16)29-10-14-3-4-28(9-15(14)11-29)8-13-1-2-18(30)25-7-13/h1-2,5,7,12,14-15H,3-4,6,8-11H2,(H,25,30)/t14-,15+/m1/s1. The zero-order valence-corrected chi connectivity index (χ0v) is 17.5. The first-order chi connectivity index (χ1) is 14.8. The molecule has 2 saturated heterocycles. The predicted molar refractivity (Wildman–Crippen MR) is 112 cm³/mol. The Morgan fingerprint density at radius 3 is 2.71 bits per heavy atom. The highest BCUT2D eigenvalue weighted by atomic mass is 32.1. The van der Waals surface area contributed by atoms with Crippen molar-refractivity contribution in [3.8, 4) is 5.88 Å². The average molecular weight is 450 g/mol. The summed E-state index contributed by atoms with van der Waals surface area (Å²) in [5, 5.41) is 10.1. The van der Waals surface area contributed by atoms with E-state index in [2.05, 4.69) is 24.8 Å². The third kappa shape index (κ3) is 4.45. The van der Waals surface area contributed by atoms with E-state index < -0.39 is 12.6 Å². The molecule has 0 spiro atoms. The summed E-state index contributed by atoms with van der Waals surface area (Å²) >= 11 is 1.10. The molecule has 1 N–H and O–H groups in total. The molecule has 2 aliphatic heterocycles. The normalized spacial score (nSPS) is 22.2. The number of aromatic hydroxyl groups is 1. The fraction of sp³-hybridized carbons (Fsp3) is 0.476. The molecule has 2 fully saturated rings. The summed E-state index contributed by atoms with van der Waals surface area (Å²) in [6.07, 6.45) is -0.927. The third-order valence-corrected chi connectivity index (χ3v) is 7.18. The number of fused-ring (bicyclic) bond motifs is 2. The molecule has 31 heavy (non-hydrogen) atoms. The van der Waals surface area contributed by atoms with Gasteiger partial charge in [0.05, 0.1) is 11.8 Å². The number of nitrogens with zero attached hydrogens (tertiary/aromatic N) is 5. The lowest BCUT2D eigenvalue weighted by Gasteiger charge is -2.34. The number of aromatic nitrogens is 3. The lowest BCUT2D eigenvalue weighted by Crippen LogP contribution is -2.39. The van der Waals surface area contributed by atoms with Crippen LogP contribution in [0.3, 0.4) is 0 Å². The van der Waals surface area contributed by atoms with Gasteiger partial charge in [0, 0.05) is 43.3 Å². The second kappa shape index (κ2) is 7.90. The fourth-order valence-electron chi connectivity index (χ4n) is 4.76. The number of alkyl halides is 3. The number of likely N-dealkylation sites (tertiary alicyclic amines) is 1. The van der Waals surface area contributed by atoms with Gasteiger partial charge in [-0.05, 0) is 36.4 Å². The van der Waals surface area contributed by atoms with E-state index in [1.807, 2.05) is 6.07 Å². The van der Waals surface area contributed by atoms with Crippen molar-refractivity contribution in [1.82, 2.24) is 19.9 Å². The molecule has 3 aromatic heterocycles. The summed E-state index contributed by atoms with van der Waals surface area (Å²) in [5.74, 6) is 1.81. The molecule has 0 aromatic carbocycles. The van der Waals surface area contributed by atoms with Crippen molar-refractivity contribution >= 4 is 27.4 Å². The number of pyridine rings is 1. The minimum absolute atomic E-state index is 0.0249. The molecule has 0 amide bonds. The quantitative estimate of drug-likeness (QED) is 0.653. The van der Waals surface area contributed by atoms with Gasteiger partial charge in [-0.3, -0.25) is 4.90 Å². The second-order valence-corrected chi connectivity index (χ2v) is 9.51. The highest BCUT2D eigenvalue weighted by Gasteiger charge is 2.38. The summed E-state index contributed by atoms with van der Waals surface area (Å²) in [4.78, 5) is 18.1. The highest BCUT2D eigenvalue weighted by Crippen LogP contribution is 2.38. The Morgan fingerprint density at radius 2 is 1.94 bits per heavy atom. The first kappa shape index (κ1) is 20.4. The topological polar surface area (TPSA) is 65.4 Å². The van der Waals surface area contributed by atoms with Crippen molar-refractivity contribution in [2.75, 3.05) is 31.1 Å². The van der Waals surface area contributed by atoms with Gasteiger partial charge < -0.3 is 10.0 Å². The van der Waals surface area contributed by atoms with E-state index in [4.69, 9.17) is 0 Å². The van der Waals surface area contributed by atoms with Crippen LogP contribution in [-0.2, 0) is 13.0 Å². The van der Waals surface area contributed by atoms with Crippen LogP contribution in [0.15, 0.2) is 30.7 Å². The van der Waals surface area contributed by atoms with Crippen LogP contribution >= 0.6 is 11.3 Å². The monoisotopic (exact) mass is 449 g/mol. The summed E-state index contributed by atoms with van der Waals surface area (Å²) in [6, 6.07) is 5.10. The number of hydrogen-bond donors (Lipinski definition) is 1. The minimum Gasteiger partial charge on any atom is -0.493 e. The molecule has 0 saturated carbocycles. The first-order valence-electron chi connectivity index (χ1n) is 10.3. The summed E-state index contributed by atoms with van der Waals surface area (Å²) < 4.78 is 38.5. The Balaban J connectivity index is 1.30. The molecule has 2 aliphatic rings. The Bertz CT molecular complexity index is 1070. The second-order valence-electron chi connectivity index (χ2n) is 8.39. The van der Waals surface area contributed by atoms with Crippen LogP contribution < -0.4 is 4.90 Å². The van der Waals surface area contributed by atoms with Crippen LogP contribution in [0.5, 0.6) is 5.88 Å². The Kier molecular flexibility index (Phi) is 5.21. The van der Waals surface area contributed by atoms with Gasteiger partial charge >= 0.3 is 6.18 Å². The molecular weight excluding hydrogens is 427 g/mol. The Morgan fingerprint density at radius 1 is 1.10 bits per heavy atom. The summed E-state index contributed by atoms with van der Waals surface area (Å²) in [7, 11) is 0. The molecule has 0 unspecified atom stereocenters. The smallest absolute Gasteiger partial charge is 0.393 e. The summed E-state index contributed by atoms with van der Waals surface area (Å²) in [5.41, 5.74) is 1.07. The van der Waals surface area contributed by atoms with Gasteiger partial charge in [0.15, 0.2) is 0 Å². The van der Waals surface area contributed by atoms with Crippen molar-refractivity contribution in [3.05, 3.63) is 41.2 Å². The van der Waals surface area contributed by atoms with Crippen molar-refractivity contribution in [1.29, 1.82) is 0 Å². The summed E-state index contributed by atoms with van der Waals surface area (Å²) in [6.45, 7) is 4.45. The van der Waals surface area contributed by atoms with Crippen LogP contribution in [0, 0.1) is 11.8 Å². The molecule has 10 heteroatoms. The highest BCUT2D eigenvalue weighted by molar-refractivity contribution is 7.18. The van der Waals surface area contributed by atoms with Gasteiger partial charge in [0.1, 0.15) is 17.0 Å². The van der Waals surface area contributed by atoms with Crippen molar-refractivity contribution < 1.29 is 18.3 Å². The molecule has 6 nitrogen and oxygen atoms in total. The molecule has 5 heterocycles. The first-order valence-corrected chi connectivity index (χ1v) is 11.1. The maximum absolute atomic E-state index is 12.8. The molecular formula is C21H22F3N5OS. The van der Waals surface area contributed by atoms with E-state index in [0.717, 1.165) is 67.2 Å². The van der Waals surface area contributed by atoms with Crippen molar-refractivity contribution in [2.45, 2.75) is 25.6 Å². The van der Waals surface area contributed by atoms with E-state index in [0.29, 0.717) is 16.7 Å². The maximum Gasteiger partial charge on any atom is 0.393 e. The minimum atomic E-state index is -4.23. The maximum atomic E-state index is 12.8. The van der Waals surface area contributed by atoms with Crippen LogP contribution in [0.25, 0.3) is 10.2 Å². The predicted octanol–water partition coefficient (Wildman–Crippen LogP) is 3.86. The lowest BCUT2D eigenvalue weighted by atomic mass is 9.88. The van der Waals surface area contributed by atoms with Gasteiger partial charge in [-0.15, -0.1) is 11.3 Å². The van der Waals surface area contributed by atoms with Gasteiger partial charge in [-0.25, -0.2) is 15.0 Å². The zero-order chi connectivity index (χ0) is 21.6. The van der Waals surface area contributed by atoms with E-state index >= 15 is 0 Å². The average Bonchev–Trinajstić information content (AvgIpc) is 3.31. The SMILES string of the molecule is Oc1ccc(CN2CC[C@@H]3CN(c4ncnc5sc(CC(F)(F)F)cc45)C[C@@H]3C2)cn1. The number of thiophene rings is 1. The number of hydrogen-bond acceptors (Lipinski definition) is 7. The van der Waals surface area contributed by atoms with Crippen LogP contribution in [-0.4, -0.2) is 57.3 Å². The number of anilines is 1. The van der Waals surface area contributed by atoms with E-state index in [9.17, 15) is 18.3 Å². The fourth-order valence-corrected chi connectivity index (χ4v) is 5.78. The number of halogens is 3. The Labute approximate surface area is 181 Å². The molecule has 2 atom stereocenters. The Hall–Kier alpha value is -2.46. The van der Waals surface area contributed by atoms with E-state index in [1.165, 1.54) is 6.33 Å². The molecule has 5 rings (SSSR count). The largest absolute Gasteiger partial charge is 0.493 e. The molecule has 0 bridgehead atoms. The molecule has 164 valence electrons. The van der Waals surface area contributed by atoms with Gasteiger partial charge in [0.2, 0.25) is 5.88 Å². The van der Waals surface area contributed by atoms with Gasteiger partial charge in [0.25, 0.3) is 0 Å². The molecule has 3 aromatic rings. The van der Waals surface area contributed by atoms with Gasteiger partial charge in [-0.1, -0.05) is 6.07 Å². The lowest BCUT2D eigenvalue weighted by molar-refractivity contribution is -0.126. The third-order valence-electron chi connectivity index (χ3n) is 6.13. The molecule has 0 aliphatic carbocycles. The molecule has 0 radical (unpaired) electrons. The van der Waals surface area contributed by atoms with Gasteiger partial charge in [-0.2, -0.15) is 13.2 Å². The van der Waals surface area contributed by atoms with Crippen molar-refractivity contribution in [3.63, 3.8) is 0 Å². The number of piperidine rings is 1.